The molecule has 2 atom stereocenters. The van der Waals surface area contributed by atoms with Gasteiger partial charge in [0.15, 0.2) is 0 Å². The summed E-state index contributed by atoms with van der Waals surface area (Å²) in [6, 6.07) is 0. The van der Waals surface area contributed by atoms with Crippen molar-refractivity contribution < 1.29 is 4.79 Å². The molecule has 0 aromatic heterocycles. The van der Waals surface area contributed by atoms with Crippen LogP contribution in [0.25, 0.3) is 0 Å². The summed E-state index contributed by atoms with van der Waals surface area (Å²) in [5.41, 5.74) is 0. The van der Waals surface area contributed by atoms with Gasteiger partial charge in [0.25, 0.3) is 0 Å². The predicted molar refractivity (Wildman–Crippen MR) is 45.0 cm³/mol. The van der Waals surface area contributed by atoms with Crippen LogP contribution < -0.4 is 0 Å². The van der Waals surface area contributed by atoms with Crippen LogP contribution in [0, 0.1) is 5.92 Å². The first-order chi connectivity index (χ1) is 4.46. The second-order valence-corrected chi connectivity index (χ2v) is 3.84. The summed E-state index contributed by atoms with van der Waals surface area (Å²) in [4.78, 5) is 10.1. The van der Waals surface area contributed by atoms with Crippen LogP contribution in [-0.2, 0) is 4.79 Å². The number of hydrogen-bond acceptors (Lipinski definition) is 1. The van der Waals surface area contributed by atoms with Crippen molar-refractivity contribution in [3.63, 3.8) is 0 Å². The number of carbonyl (C=O) groups is 1. The molecule has 0 saturated heterocycles. The Morgan fingerprint density at radius 3 is 1.80 bits per heavy atom. The quantitative estimate of drug-likeness (QED) is 0.645. The van der Waals surface area contributed by atoms with Crippen LogP contribution in [-0.4, -0.2) is 16.0 Å². The highest BCUT2D eigenvalue weighted by molar-refractivity contribution is 6.45. The van der Waals surface area contributed by atoms with E-state index in [-0.39, 0.29) is 11.7 Å². The summed E-state index contributed by atoms with van der Waals surface area (Å²) in [7, 11) is 0. The van der Waals surface area contributed by atoms with Gasteiger partial charge in [0.05, 0.1) is 5.38 Å². The molecular formula is C6H9Cl3O. The molecule has 0 aliphatic heterocycles. The fraction of sp³-hybridized carbons (Fsp3) is 0.833. The minimum Gasteiger partial charge on any atom is -0.298 e. The molecule has 0 aromatic rings. The molecule has 4 heteroatoms. The molecule has 0 rings (SSSR count). The number of ketones is 1. The fourth-order valence-electron chi connectivity index (χ4n) is 0.498. The van der Waals surface area contributed by atoms with Crippen LogP contribution in [0.15, 0.2) is 0 Å². The number of carbonyl (C=O) groups excluding carboxylic acids is 1. The van der Waals surface area contributed by atoms with Gasteiger partial charge in [-0.15, -0.1) is 34.8 Å². The SMILES string of the molecule is CC(=O)C(Cl)C(C)C(Cl)Cl. The lowest BCUT2D eigenvalue weighted by molar-refractivity contribution is -0.117. The summed E-state index contributed by atoms with van der Waals surface area (Å²) in [5.74, 6) is -0.289. The van der Waals surface area contributed by atoms with Gasteiger partial charge in [0.2, 0.25) is 0 Å². The first-order valence-corrected chi connectivity index (χ1v) is 4.20. The number of rotatable bonds is 3. The van der Waals surface area contributed by atoms with E-state index in [1.54, 1.807) is 6.92 Å². The molecule has 0 aromatic carbocycles. The fourth-order valence-corrected chi connectivity index (χ4v) is 1.08. The molecule has 0 bridgehead atoms. The lowest BCUT2D eigenvalue weighted by Crippen LogP contribution is -2.24. The third-order valence-corrected chi connectivity index (χ3v) is 2.75. The van der Waals surface area contributed by atoms with Gasteiger partial charge in [-0.3, -0.25) is 4.79 Å². The van der Waals surface area contributed by atoms with Gasteiger partial charge in [0, 0.05) is 5.92 Å². The molecule has 0 fully saturated rings. The van der Waals surface area contributed by atoms with Crippen molar-refractivity contribution >= 4 is 40.6 Å². The summed E-state index contributed by atoms with van der Waals surface area (Å²) >= 11 is 16.6. The zero-order chi connectivity index (χ0) is 8.31. The minimum absolute atomic E-state index is 0.0968. The van der Waals surface area contributed by atoms with Crippen molar-refractivity contribution in [2.45, 2.75) is 24.1 Å². The van der Waals surface area contributed by atoms with Crippen LogP contribution in [0.2, 0.25) is 0 Å². The maximum Gasteiger partial charge on any atom is 0.147 e. The smallest absolute Gasteiger partial charge is 0.147 e. The van der Waals surface area contributed by atoms with Crippen LogP contribution in [0.4, 0.5) is 0 Å². The Hall–Kier alpha value is 0.540. The second-order valence-electron chi connectivity index (χ2n) is 2.21. The molecule has 0 N–H and O–H groups in total. The third kappa shape index (κ3) is 3.09. The van der Waals surface area contributed by atoms with Crippen LogP contribution in [0.5, 0.6) is 0 Å². The van der Waals surface area contributed by atoms with Crippen molar-refractivity contribution in [2.75, 3.05) is 0 Å². The highest BCUT2D eigenvalue weighted by atomic mass is 35.5. The Morgan fingerprint density at radius 1 is 1.30 bits per heavy atom. The molecule has 0 radical (unpaired) electrons. The lowest BCUT2D eigenvalue weighted by Gasteiger charge is -2.15. The molecule has 0 spiro atoms. The standard InChI is InChI=1S/C6H9Cl3O/c1-3(6(8)9)5(7)4(2)10/h3,5-6H,1-2H3. The summed E-state index contributed by atoms with van der Waals surface area (Å²) in [6.07, 6.45) is 0. The molecule has 0 heterocycles. The van der Waals surface area contributed by atoms with E-state index < -0.39 is 10.2 Å². The van der Waals surface area contributed by atoms with Gasteiger partial charge in [0.1, 0.15) is 10.6 Å². The Balaban J connectivity index is 3.94. The van der Waals surface area contributed by atoms with Crippen molar-refractivity contribution in [1.29, 1.82) is 0 Å². The molecular weight excluding hydrogens is 194 g/mol. The van der Waals surface area contributed by atoms with Gasteiger partial charge in [-0.05, 0) is 6.92 Å². The number of halogens is 3. The van der Waals surface area contributed by atoms with Crippen molar-refractivity contribution in [3.05, 3.63) is 0 Å². The van der Waals surface area contributed by atoms with Crippen LogP contribution >= 0.6 is 34.8 Å². The maximum atomic E-state index is 10.6. The van der Waals surface area contributed by atoms with Gasteiger partial charge in [-0.25, -0.2) is 0 Å². The first-order valence-electron chi connectivity index (χ1n) is 2.89. The summed E-state index contributed by atoms with van der Waals surface area (Å²) < 4.78 is 0. The Bertz CT molecular complexity index is 124. The average Bonchev–Trinajstić information content (AvgIpc) is 1.84. The number of Topliss-reactive ketones (excluding diaryl/α,β-unsaturated/α-hetero) is 1. The molecule has 0 aliphatic rings. The van der Waals surface area contributed by atoms with Gasteiger partial charge >= 0.3 is 0 Å². The topological polar surface area (TPSA) is 17.1 Å². The van der Waals surface area contributed by atoms with Crippen LogP contribution in [0.1, 0.15) is 13.8 Å². The monoisotopic (exact) mass is 202 g/mol. The second kappa shape index (κ2) is 4.42. The number of hydrogen-bond donors (Lipinski definition) is 0. The predicted octanol–water partition coefficient (Wildman–Crippen LogP) is 2.62. The van der Waals surface area contributed by atoms with E-state index in [0.717, 1.165) is 0 Å². The molecule has 0 saturated carbocycles. The normalized spacial score (nSPS) is 17.0. The molecule has 2 unspecified atom stereocenters. The van der Waals surface area contributed by atoms with E-state index in [4.69, 9.17) is 34.8 Å². The summed E-state index contributed by atoms with van der Waals surface area (Å²) in [5, 5.41) is -0.569. The summed E-state index contributed by atoms with van der Waals surface area (Å²) in [6.45, 7) is 3.16. The molecule has 0 amide bonds. The molecule has 10 heavy (non-hydrogen) atoms. The van der Waals surface area contributed by atoms with Crippen LogP contribution in [0.3, 0.4) is 0 Å². The lowest BCUT2D eigenvalue weighted by atomic mass is 10.1. The van der Waals surface area contributed by atoms with E-state index >= 15 is 0 Å². The van der Waals surface area contributed by atoms with Gasteiger partial charge in [-0.1, -0.05) is 6.92 Å². The van der Waals surface area contributed by atoms with Gasteiger partial charge in [-0.2, -0.15) is 0 Å². The van der Waals surface area contributed by atoms with Crippen molar-refractivity contribution in [2.24, 2.45) is 5.92 Å². The highest BCUT2D eigenvalue weighted by Gasteiger charge is 2.23. The van der Waals surface area contributed by atoms with E-state index in [2.05, 4.69) is 0 Å². The van der Waals surface area contributed by atoms with E-state index in [0.29, 0.717) is 0 Å². The maximum absolute atomic E-state index is 10.6. The minimum atomic E-state index is -0.577. The van der Waals surface area contributed by atoms with E-state index in [1.165, 1.54) is 6.92 Å². The van der Waals surface area contributed by atoms with Crippen molar-refractivity contribution in [3.8, 4) is 0 Å². The molecule has 0 aliphatic carbocycles. The van der Waals surface area contributed by atoms with Crippen molar-refractivity contribution in [1.82, 2.24) is 0 Å². The molecule has 60 valence electrons. The highest BCUT2D eigenvalue weighted by Crippen LogP contribution is 2.22. The zero-order valence-electron chi connectivity index (χ0n) is 5.77. The van der Waals surface area contributed by atoms with E-state index in [9.17, 15) is 4.79 Å². The van der Waals surface area contributed by atoms with E-state index in [1.807, 2.05) is 0 Å². The van der Waals surface area contributed by atoms with Gasteiger partial charge < -0.3 is 0 Å². The average molecular weight is 203 g/mol. The Kier molecular flexibility index (Phi) is 4.66. The third-order valence-electron chi connectivity index (χ3n) is 1.25. The number of alkyl halides is 3. The Labute approximate surface area is 75.6 Å². The largest absolute Gasteiger partial charge is 0.298 e. The first kappa shape index (κ1) is 10.5. The molecule has 1 nitrogen and oxygen atoms in total. The Morgan fingerprint density at radius 2 is 1.70 bits per heavy atom. The zero-order valence-corrected chi connectivity index (χ0v) is 8.04.